The molecule has 0 bridgehead atoms. The molecule has 0 aliphatic heterocycles. The fraction of sp³-hybridized carbons (Fsp3) is 0.556. The first-order valence-electron chi connectivity index (χ1n) is 4.49. The van der Waals surface area contributed by atoms with Crippen LogP contribution in [0.15, 0.2) is 6.20 Å². The van der Waals surface area contributed by atoms with Crippen LogP contribution in [0.1, 0.15) is 19.4 Å². The van der Waals surface area contributed by atoms with Crippen molar-refractivity contribution < 1.29 is 9.90 Å². The van der Waals surface area contributed by atoms with E-state index in [1.165, 1.54) is 0 Å². The first-order valence-corrected chi connectivity index (χ1v) is 4.87. The van der Waals surface area contributed by atoms with E-state index in [-0.39, 0.29) is 0 Å². The van der Waals surface area contributed by atoms with Crippen molar-refractivity contribution in [1.29, 1.82) is 0 Å². The second-order valence-electron chi connectivity index (χ2n) is 3.22. The standard InChI is InChI=1S/C9H13ClN2O2/c1-3-12-8(10)7(5-11-12)4-6(2)9(13)14/h5-6H,3-4H2,1-2H3,(H,13,14). The van der Waals surface area contributed by atoms with Gasteiger partial charge in [-0.2, -0.15) is 5.10 Å². The molecule has 1 aromatic heterocycles. The zero-order chi connectivity index (χ0) is 10.7. The summed E-state index contributed by atoms with van der Waals surface area (Å²) in [6, 6.07) is 0. The van der Waals surface area contributed by atoms with Gasteiger partial charge < -0.3 is 5.11 Å². The highest BCUT2D eigenvalue weighted by atomic mass is 35.5. The van der Waals surface area contributed by atoms with Gasteiger partial charge in [0.15, 0.2) is 0 Å². The van der Waals surface area contributed by atoms with Gasteiger partial charge in [0, 0.05) is 12.1 Å². The zero-order valence-electron chi connectivity index (χ0n) is 8.20. The molecule has 1 heterocycles. The lowest BCUT2D eigenvalue weighted by Gasteiger charge is -2.04. The molecule has 4 nitrogen and oxygen atoms in total. The molecular formula is C9H13ClN2O2. The molecule has 0 saturated heterocycles. The summed E-state index contributed by atoms with van der Waals surface area (Å²) in [5, 5.41) is 13.3. The van der Waals surface area contributed by atoms with Gasteiger partial charge in [-0.3, -0.25) is 9.48 Å². The Morgan fingerprint density at radius 2 is 2.43 bits per heavy atom. The number of aliphatic carboxylic acids is 1. The SMILES string of the molecule is CCn1ncc(CC(C)C(=O)O)c1Cl. The Kier molecular flexibility index (Phi) is 3.52. The number of halogens is 1. The number of aryl methyl sites for hydroxylation is 1. The topological polar surface area (TPSA) is 55.1 Å². The van der Waals surface area contributed by atoms with E-state index in [4.69, 9.17) is 16.7 Å². The van der Waals surface area contributed by atoms with Crippen molar-refractivity contribution in [2.24, 2.45) is 5.92 Å². The van der Waals surface area contributed by atoms with Gasteiger partial charge in [0.25, 0.3) is 0 Å². The molecular weight excluding hydrogens is 204 g/mol. The minimum Gasteiger partial charge on any atom is -0.481 e. The van der Waals surface area contributed by atoms with Crippen LogP contribution in [0.5, 0.6) is 0 Å². The molecule has 0 saturated carbocycles. The number of hydrogen-bond acceptors (Lipinski definition) is 2. The largest absolute Gasteiger partial charge is 0.481 e. The molecule has 1 rings (SSSR count). The van der Waals surface area contributed by atoms with Crippen molar-refractivity contribution in [3.05, 3.63) is 16.9 Å². The van der Waals surface area contributed by atoms with Crippen molar-refractivity contribution in [1.82, 2.24) is 9.78 Å². The van der Waals surface area contributed by atoms with Gasteiger partial charge in [0.05, 0.1) is 12.1 Å². The number of carbonyl (C=O) groups is 1. The average molecular weight is 217 g/mol. The molecule has 0 spiro atoms. The highest BCUT2D eigenvalue weighted by molar-refractivity contribution is 6.30. The smallest absolute Gasteiger partial charge is 0.306 e. The number of nitrogens with zero attached hydrogens (tertiary/aromatic N) is 2. The van der Waals surface area contributed by atoms with Gasteiger partial charge in [-0.15, -0.1) is 0 Å². The zero-order valence-corrected chi connectivity index (χ0v) is 8.95. The van der Waals surface area contributed by atoms with Crippen molar-refractivity contribution in [2.75, 3.05) is 0 Å². The number of aromatic nitrogens is 2. The third-order valence-corrected chi connectivity index (χ3v) is 2.53. The average Bonchev–Trinajstić information content (AvgIpc) is 2.47. The minimum absolute atomic E-state index is 0.425. The summed E-state index contributed by atoms with van der Waals surface area (Å²) in [5.74, 6) is -1.24. The first-order chi connectivity index (χ1) is 6.56. The molecule has 0 amide bonds. The van der Waals surface area contributed by atoms with Crippen molar-refractivity contribution in [2.45, 2.75) is 26.8 Å². The number of rotatable bonds is 4. The minimum atomic E-state index is -0.815. The van der Waals surface area contributed by atoms with Crippen LogP contribution >= 0.6 is 11.6 Å². The lowest BCUT2D eigenvalue weighted by molar-refractivity contribution is -0.141. The van der Waals surface area contributed by atoms with E-state index in [9.17, 15) is 4.79 Å². The molecule has 5 heteroatoms. The molecule has 0 aromatic carbocycles. The number of carboxylic acid groups (broad SMARTS) is 1. The van der Waals surface area contributed by atoms with Crippen molar-refractivity contribution >= 4 is 17.6 Å². The van der Waals surface area contributed by atoms with E-state index in [1.807, 2.05) is 6.92 Å². The summed E-state index contributed by atoms with van der Waals surface area (Å²) in [6.07, 6.45) is 2.06. The van der Waals surface area contributed by atoms with Crippen LogP contribution in [-0.2, 0) is 17.8 Å². The second-order valence-corrected chi connectivity index (χ2v) is 3.58. The number of carboxylic acids is 1. The van der Waals surface area contributed by atoms with Crippen LogP contribution in [0.2, 0.25) is 5.15 Å². The third-order valence-electron chi connectivity index (χ3n) is 2.09. The molecule has 0 aliphatic rings. The molecule has 1 aromatic rings. The Labute approximate surface area is 87.5 Å². The van der Waals surface area contributed by atoms with E-state index in [0.29, 0.717) is 18.1 Å². The number of hydrogen-bond donors (Lipinski definition) is 1. The summed E-state index contributed by atoms with van der Waals surface area (Å²) >= 11 is 5.98. The van der Waals surface area contributed by atoms with Crippen LogP contribution in [0.4, 0.5) is 0 Å². The summed E-state index contributed by atoms with van der Waals surface area (Å²) in [7, 11) is 0. The quantitative estimate of drug-likeness (QED) is 0.835. The molecule has 0 fully saturated rings. The third kappa shape index (κ3) is 2.26. The maximum Gasteiger partial charge on any atom is 0.306 e. The predicted octanol–water partition coefficient (Wildman–Crippen LogP) is 1.82. The molecule has 14 heavy (non-hydrogen) atoms. The van der Waals surface area contributed by atoms with E-state index in [1.54, 1.807) is 17.8 Å². The Morgan fingerprint density at radius 1 is 1.79 bits per heavy atom. The lowest BCUT2D eigenvalue weighted by atomic mass is 10.0. The molecule has 1 unspecified atom stereocenters. The van der Waals surface area contributed by atoms with E-state index >= 15 is 0 Å². The van der Waals surface area contributed by atoms with E-state index in [0.717, 1.165) is 5.56 Å². The van der Waals surface area contributed by atoms with Crippen LogP contribution in [0, 0.1) is 5.92 Å². The summed E-state index contributed by atoms with van der Waals surface area (Å²) in [6.45, 7) is 4.28. The predicted molar refractivity (Wildman–Crippen MR) is 53.4 cm³/mol. The Hall–Kier alpha value is -1.03. The monoisotopic (exact) mass is 216 g/mol. The van der Waals surface area contributed by atoms with Gasteiger partial charge in [-0.05, 0) is 13.3 Å². The van der Waals surface area contributed by atoms with Crippen LogP contribution < -0.4 is 0 Å². The van der Waals surface area contributed by atoms with Crippen molar-refractivity contribution in [3.8, 4) is 0 Å². The van der Waals surface area contributed by atoms with E-state index < -0.39 is 11.9 Å². The van der Waals surface area contributed by atoms with Crippen LogP contribution in [0.3, 0.4) is 0 Å². The Bertz CT molecular complexity index is 336. The molecule has 1 atom stereocenters. The lowest BCUT2D eigenvalue weighted by Crippen LogP contribution is -2.12. The van der Waals surface area contributed by atoms with E-state index in [2.05, 4.69) is 5.10 Å². The summed E-state index contributed by atoms with van der Waals surface area (Å²) in [4.78, 5) is 10.6. The highest BCUT2D eigenvalue weighted by Crippen LogP contribution is 2.18. The molecule has 1 N–H and O–H groups in total. The molecule has 0 radical (unpaired) electrons. The summed E-state index contributed by atoms with van der Waals surface area (Å²) < 4.78 is 1.64. The maximum absolute atomic E-state index is 10.6. The first kappa shape index (κ1) is 11.0. The fourth-order valence-electron chi connectivity index (χ4n) is 1.18. The second kappa shape index (κ2) is 4.46. The normalized spacial score (nSPS) is 12.8. The van der Waals surface area contributed by atoms with Gasteiger partial charge in [-0.1, -0.05) is 18.5 Å². The van der Waals surface area contributed by atoms with Crippen LogP contribution in [-0.4, -0.2) is 20.9 Å². The highest BCUT2D eigenvalue weighted by Gasteiger charge is 2.15. The molecule has 0 aliphatic carbocycles. The fourth-order valence-corrected chi connectivity index (χ4v) is 1.47. The summed E-state index contributed by atoms with van der Waals surface area (Å²) in [5.41, 5.74) is 0.795. The van der Waals surface area contributed by atoms with Gasteiger partial charge >= 0.3 is 5.97 Å². The Balaban J connectivity index is 2.77. The van der Waals surface area contributed by atoms with Crippen LogP contribution in [0.25, 0.3) is 0 Å². The van der Waals surface area contributed by atoms with Crippen molar-refractivity contribution in [3.63, 3.8) is 0 Å². The van der Waals surface area contributed by atoms with Gasteiger partial charge in [0.1, 0.15) is 5.15 Å². The maximum atomic E-state index is 10.6. The van der Waals surface area contributed by atoms with Gasteiger partial charge in [-0.25, -0.2) is 0 Å². The van der Waals surface area contributed by atoms with Gasteiger partial charge in [0.2, 0.25) is 0 Å². The Morgan fingerprint density at radius 3 is 2.86 bits per heavy atom. The molecule has 78 valence electrons.